The SMILES string of the molecule is CCNC(=NCCN1CCOCC1)N1CCC(=Cc2ccccc2)CC1. The van der Waals surface area contributed by atoms with E-state index in [1.165, 1.54) is 11.1 Å². The van der Waals surface area contributed by atoms with Gasteiger partial charge in [-0.3, -0.25) is 9.89 Å². The number of aliphatic imine (C=N–C) groups is 1. The van der Waals surface area contributed by atoms with Crippen molar-refractivity contribution in [1.29, 1.82) is 0 Å². The minimum absolute atomic E-state index is 0.853. The molecule has 2 aliphatic heterocycles. The van der Waals surface area contributed by atoms with Crippen LogP contribution in [0.15, 0.2) is 40.9 Å². The molecule has 5 nitrogen and oxygen atoms in total. The molecule has 142 valence electrons. The molecule has 2 heterocycles. The van der Waals surface area contributed by atoms with Crippen molar-refractivity contribution in [3.05, 3.63) is 41.5 Å². The quantitative estimate of drug-likeness (QED) is 0.650. The van der Waals surface area contributed by atoms with Gasteiger partial charge in [-0.25, -0.2) is 0 Å². The van der Waals surface area contributed by atoms with Crippen LogP contribution in [-0.4, -0.2) is 74.8 Å². The summed E-state index contributed by atoms with van der Waals surface area (Å²) in [4.78, 5) is 9.72. The van der Waals surface area contributed by atoms with E-state index in [9.17, 15) is 0 Å². The Kier molecular flexibility index (Phi) is 7.52. The Morgan fingerprint density at radius 2 is 1.85 bits per heavy atom. The molecule has 0 amide bonds. The maximum absolute atomic E-state index is 5.41. The third-order valence-corrected chi connectivity index (χ3v) is 4.99. The lowest BCUT2D eigenvalue weighted by Crippen LogP contribution is -2.45. The minimum Gasteiger partial charge on any atom is -0.379 e. The van der Waals surface area contributed by atoms with Gasteiger partial charge in [0.15, 0.2) is 5.96 Å². The third-order valence-electron chi connectivity index (χ3n) is 4.99. The van der Waals surface area contributed by atoms with Gasteiger partial charge >= 0.3 is 0 Å². The van der Waals surface area contributed by atoms with Crippen LogP contribution >= 0.6 is 0 Å². The number of nitrogens with one attached hydrogen (secondary N) is 1. The monoisotopic (exact) mass is 356 g/mol. The summed E-state index contributed by atoms with van der Waals surface area (Å²) in [5.41, 5.74) is 2.85. The molecule has 5 heteroatoms. The lowest BCUT2D eigenvalue weighted by Gasteiger charge is -2.32. The number of ether oxygens (including phenoxy) is 1. The molecule has 0 atom stereocenters. The normalized spacial score (nSPS) is 19.5. The molecule has 0 bridgehead atoms. The van der Waals surface area contributed by atoms with E-state index < -0.39 is 0 Å². The molecule has 1 aromatic rings. The number of rotatable bonds is 5. The van der Waals surface area contributed by atoms with Crippen molar-refractivity contribution in [2.45, 2.75) is 19.8 Å². The highest BCUT2D eigenvalue weighted by molar-refractivity contribution is 5.80. The van der Waals surface area contributed by atoms with E-state index in [-0.39, 0.29) is 0 Å². The van der Waals surface area contributed by atoms with Crippen molar-refractivity contribution in [3.63, 3.8) is 0 Å². The summed E-state index contributed by atoms with van der Waals surface area (Å²) in [6, 6.07) is 10.6. The maximum atomic E-state index is 5.41. The Bertz CT molecular complexity index is 583. The lowest BCUT2D eigenvalue weighted by atomic mass is 10.0. The number of hydrogen-bond donors (Lipinski definition) is 1. The summed E-state index contributed by atoms with van der Waals surface area (Å²) in [5, 5.41) is 3.47. The zero-order valence-electron chi connectivity index (χ0n) is 16.0. The standard InChI is InChI=1S/C21H32N4O/c1-2-22-21(23-10-13-24-14-16-26-17-15-24)25-11-8-20(9-12-25)18-19-6-4-3-5-7-19/h3-7,18H,2,8-17H2,1H3,(H,22,23). The molecular formula is C21H32N4O. The van der Waals surface area contributed by atoms with Crippen LogP contribution in [-0.2, 0) is 4.74 Å². The Labute approximate surface area is 157 Å². The first kappa shape index (κ1) is 18.9. The second-order valence-electron chi connectivity index (χ2n) is 6.89. The molecule has 0 aromatic heterocycles. The van der Waals surface area contributed by atoms with E-state index in [4.69, 9.17) is 9.73 Å². The highest BCUT2D eigenvalue weighted by Gasteiger charge is 2.17. The van der Waals surface area contributed by atoms with Gasteiger partial charge in [0.1, 0.15) is 0 Å². The molecule has 0 spiro atoms. The molecule has 0 radical (unpaired) electrons. The Balaban J connectivity index is 1.50. The number of piperidine rings is 1. The lowest BCUT2D eigenvalue weighted by molar-refractivity contribution is 0.0394. The van der Waals surface area contributed by atoms with Crippen LogP contribution in [0.3, 0.4) is 0 Å². The topological polar surface area (TPSA) is 40.1 Å². The predicted octanol–water partition coefficient (Wildman–Crippen LogP) is 2.46. The molecule has 0 unspecified atom stereocenters. The fourth-order valence-electron chi connectivity index (χ4n) is 3.48. The van der Waals surface area contributed by atoms with Crippen LogP contribution in [0.1, 0.15) is 25.3 Å². The molecular weight excluding hydrogens is 324 g/mol. The zero-order valence-corrected chi connectivity index (χ0v) is 16.0. The first-order valence-corrected chi connectivity index (χ1v) is 9.93. The van der Waals surface area contributed by atoms with Gasteiger partial charge in [0.05, 0.1) is 19.8 Å². The Morgan fingerprint density at radius 3 is 2.54 bits per heavy atom. The molecule has 0 saturated carbocycles. The maximum Gasteiger partial charge on any atom is 0.193 e. The van der Waals surface area contributed by atoms with Gasteiger partial charge in [-0.2, -0.15) is 0 Å². The largest absolute Gasteiger partial charge is 0.379 e. The van der Waals surface area contributed by atoms with Gasteiger partial charge in [0.25, 0.3) is 0 Å². The van der Waals surface area contributed by atoms with E-state index in [1.54, 1.807) is 0 Å². The molecule has 0 aliphatic carbocycles. The number of benzene rings is 1. The number of likely N-dealkylation sites (tertiary alicyclic amines) is 1. The summed E-state index contributed by atoms with van der Waals surface area (Å²) in [6.07, 6.45) is 4.57. The molecule has 2 aliphatic rings. The van der Waals surface area contributed by atoms with Gasteiger partial charge in [0.2, 0.25) is 0 Å². The van der Waals surface area contributed by atoms with E-state index >= 15 is 0 Å². The van der Waals surface area contributed by atoms with E-state index in [0.29, 0.717) is 0 Å². The van der Waals surface area contributed by atoms with E-state index in [2.05, 4.69) is 58.4 Å². The van der Waals surface area contributed by atoms with Crippen molar-refractivity contribution in [2.75, 3.05) is 59.0 Å². The van der Waals surface area contributed by atoms with E-state index in [1.807, 2.05) is 0 Å². The number of morpholine rings is 1. The van der Waals surface area contributed by atoms with Crippen molar-refractivity contribution in [3.8, 4) is 0 Å². The number of nitrogens with zero attached hydrogens (tertiary/aromatic N) is 3. The van der Waals surface area contributed by atoms with Crippen LogP contribution in [0.5, 0.6) is 0 Å². The number of hydrogen-bond acceptors (Lipinski definition) is 3. The van der Waals surface area contributed by atoms with Gasteiger partial charge in [-0.1, -0.05) is 42.0 Å². The summed E-state index contributed by atoms with van der Waals surface area (Å²) >= 11 is 0. The van der Waals surface area contributed by atoms with Gasteiger partial charge < -0.3 is 15.0 Å². The van der Waals surface area contributed by atoms with Crippen molar-refractivity contribution in [1.82, 2.24) is 15.1 Å². The Morgan fingerprint density at radius 1 is 1.12 bits per heavy atom. The summed E-state index contributed by atoms with van der Waals surface area (Å²) < 4.78 is 5.41. The molecule has 26 heavy (non-hydrogen) atoms. The fourth-order valence-corrected chi connectivity index (χ4v) is 3.48. The van der Waals surface area contributed by atoms with Crippen molar-refractivity contribution >= 4 is 12.0 Å². The van der Waals surface area contributed by atoms with Gasteiger partial charge in [-0.05, 0) is 25.3 Å². The van der Waals surface area contributed by atoms with Gasteiger partial charge in [0, 0.05) is 39.3 Å². The van der Waals surface area contributed by atoms with Crippen LogP contribution in [0.4, 0.5) is 0 Å². The second-order valence-corrected chi connectivity index (χ2v) is 6.89. The highest BCUT2D eigenvalue weighted by Crippen LogP contribution is 2.19. The van der Waals surface area contributed by atoms with Crippen LogP contribution in [0.2, 0.25) is 0 Å². The highest BCUT2D eigenvalue weighted by atomic mass is 16.5. The molecule has 1 N–H and O–H groups in total. The second kappa shape index (κ2) is 10.3. The third kappa shape index (κ3) is 5.85. The first-order valence-electron chi connectivity index (χ1n) is 9.93. The fraction of sp³-hybridized carbons (Fsp3) is 0.571. The minimum atomic E-state index is 0.853. The van der Waals surface area contributed by atoms with Crippen LogP contribution < -0.4 is 5.32 Å². The molecule has 1 aromatic carbocycles. The van der Waals surface area contributed by atoms with Crippen LogP contribution in [0, 0.1) is 0 Å². The predicted molar refractivity (Wildman–Crippen MR) is 108 cm³/mol. The number of guanidine groups is 1. The van der Waals surface area contributed by atoms with Crippen molar-refractivity contribution < 1.29 is 4.74 Å². The van der Waals surface area contributed by atoms with Crippen LogP contribution in [0.25, 0.3) is 6.08 Å². The molecule has 2 saturated heterocycles. The summed E-state index contributed by atoms with van der Waals surface area (Å²) in [6.45, 7) is 10.8. The first-order chi connectivity index (χ1) is 12.8. The van der Waals surface area contributed by atoms with E-state index in [0.717, 1.165) is 77.8 Å². The zero-order chi connectivity index (χ0) is 18.0. The summed E-state index contributed by atoms with van der Waals surface area (Å²) in [5.74, 6) is 1.07. The average molecular weight is 357 g/mol. The Hall–Kier alpha value is -1.85. The van der Waals surface area contributed by atoms with Gasteiger partial charge in [-0.15, -0.1) is 0 Å². The molecule has 2 fully saturated rings. The summed E-state index contributed by atoms with van der Waals surface area (Å²) in [7, 11) is 0. The molecule has 3 rings (SSSR count). The smallest absolute Gasteiger partial charge is 0.193 e. The van der Waals surface area contributed by atoms with Crippen molar-refractivity contribution in [2.24, 2.45) is 4.99 Å². The average Bonchev–Trinajstić information content (AvgIpc) is 2.70.